The number of nitrogens with zero attached hydrogens (tertiary/aromatic N) is 1. The molecule has 0 saturated heterocycles. The summed E-state index contributed by atoms with van der Waals surface area (Å²) in [5.74, 6) is 0.0491. The van der Waals surface area contributed by atoms with Gasteiger partial charge in [-0.05, 0) is 25.1 Å². The van der Waals surface area contributed by atoms with Crippen molar-refractivity contribution in [3.8, 4) is 5.75 Å². The summed E-state index contributed by atoms with van der Waals surface area (Å²) < 4.78 is 0. The van der Waals surface area contributed by atoms with Gasteiger partial charge in [0.05, 0.1) is 13.2 Å². The first-order valence-electron chi connectivity index (χ1n) is 5.85. The first-order valence-corrected chi connectivity index (χ1v) is 5.85. The molecular weight excluding hydrogens is 234 g/mol. The molecule has 0 bridgehead atoms. The number of benzene rings is 1. The van der Waals surface area contributed by atoms with Crippen molar-refractivity contribution < 1.29 is 20.1 Å². The summed E-state index contributed by atoms with van der Waals surface area (Å²) in [6.07, 6.45) is 0. The van der Waals surface area contributed by atoms with Crippen LogP contribution < -0.4 is 0 Å². The normalized spacial score (nSPS) is 10.9. The van der Waals surface area contributed by atoms with Crippen molar-refractivity contribution in [1.29, 1.82) is 0 Å². The van der Waals surface area contributed by atoms with Crippen LogP contribution in [0.4, 0.5) is 0 Å². The Hall–Kier alpha value is -1.43. The lowest BCUT2D eigenvalue weighted by Crippen LogP contribution is -2.29. The third-order valence-corrected chi connectivity index (χ3v) is 2.71. The smallest absolute Gasteiger partial charge is 0.159 e. The molecule has 0 aliphatic carbocycles. The number of phenolic OH excluding ortho intramolecular Hbond substituents is 1. The van der Waals surface area contributed by atoms with Crippen LogP contribution in [0.3, 0.4) is 0 Å². The van der Waals surface area contributed by atoms with E-state index >= 15 is 0 Å². The molecule has 0 aromatic heterocycles. The fourth-order valence-corrected chi connectivity index (χ4v) is 1.72. The molecule has 0 atom stereocenters. The maximum absolute atomic E-state index is 11.3. The molecule has 0 aliphatic heterocycles. The molecule has 0 saturated carbocycles. The quantitative estimate of drug-likeness (QED) is 0.612. The predicted octanol–water partition coefficient (Wildman–Crippen LogP) is 0.381. The lowest BCUT2D eigenvalue weighted by Gasteiger charge is -2.20. The molecule has 0 aliphatic rings. The van der Waals surface area contributed by atoms with Crippen LogP contribution in [0, 0.1) is 0 Å². The van der Waals surface area contributed by atoms with Crippen LogP contribution in [0.25, 0.3) is 0 Å². The van der Waals surface area contributed by atoms with E-state index in [4.69, 9.17) is 10.2 Å². The fraction of sp³-hybridized carbons (Fsp3) is 0.462. The van der Waals surface area contributed by atoms with Crippen molar-refractivity contribution in [2.75, 3.05) is 26.3 Å². The second kappa shape index (κ2) is 7.10. The molecule has 0 fully saturated rings. The minimum Gasteiger partial charge on any atom is -0.508 e. The number of phenols is 1. The molecule has 3 N–H and O–H groups in total. The molecule has 1 rings (SSSR count). The van der Waals surface area contributed by atoms with Crippen LogP contribution in [0.5, 0.6) is 5.75 Å². The molecule has 18 heavy (non-hydrogen) atoms. The summed E-state index contributed by atoms with van der Waals surface area (Å²) >= 11 is 0. The zero-order chi connectivity index (χ0) is 13.5. The Morgan fingerprint density at radius 2 is 1.83 bits per heavy atom. The molecular formula is C13H19NO4. The van der Waals surface area contributed by atoms with Crippen molar-refractivity contribution in [2.45, 2.75) is 13.5 Å². The molecule has 0 heterocycles. The van der Waals surface area contributed by atoms with Gasteiger partial charge in [-0.15, -0.1) is 0 Å². The number of aliphatic hydroxyl groups excluding tert-OH is 2. The highest BCUT2D eigenvalue weighted by molar-refractivity contribution is 5.94. The first-order chi connectivity index (χ1) is 8.58. The van der Waals surface area contributed by atoms with Crippen molar-refractivity contribution >= 4 is 5.78 Å². The number of rotatable bonds is 7. The summed E-state index contributed by atoms with van der Waals surface area (Å²) in [7, 11) is 0. The molecule has 0 unspecified atom stereocenters. The van der Waals surface area contributed by atoms with E-state index in [1.807, 2.05) is 0 Å². The van der Waals surface area contributed by atoms with Crippen LogP contribution in [0.15, 0.2) is 18.2 Å². The molecule has 0 radical (unpaired) electrons. The number of hydrogen-bond acceptors (Lipinski definition) is 5. The van der Waals surface area contributed by atoms with Gasteiger partial charge >= 0.3 is 0 Å². The van der Waals surface area contributed by atoms with Gasteiger partial charge in [-0.25, -0.2) is 0 Å². The molecule has 5 nitrogen and oxygen atoms in total. The standard InChI is InChI=1S/C13H19NO4/c1-10(17)11-2-3-13(18)12(8-11)9-14(4-6-15)5-7-16/h2-3,8,15-16,18H,4-7,9H2,1H3. The van der Waals surface area contributed by atoms with Crippen molar-refractivity contribution in [1.82, 2.24) is 4.90 Å². The van der Waals surface area contributed by atoms with E-state index in [9.17, 15) is 9.90 Å². The second-order valence-corrected chi connectivity index (χ2v) is 4.12. The van der Waals surface area contributed by atoms with Gasteiger partial charge in [-0.3, -0.25) is 9.69 Å². The highest BCUT2D eigenvalue weighted by Gasteiger charge is 2.10. The maximum Gasteiger partial charge on any atom is 0.159 e. The molecule has 0 spiro atoms. The first kappa shape index (κ1) is 14.6. The van der Waals surface area contributed by atoms with E-state index < -0.39 is 0 Å². The third-order valence-electron chi connectivity index (χ3n) is 2.71. The van der Waals surface area contributed by atoms with E-state index in [2.05, 4.69) is 0 Å². The Morgan fingerprint density at radius 1 is 1.22 bits per heavy atom. The average Bonchev–Trinajstić information content (AvgIpc) is 2.32. The molecule has 100 valence electrons. The summed E-state index contributed by atoms with van der Waals surface area (Å²) in [6, 6.07) is 4.70. The van der Waals surface area contributed by atoms with Crippen molar-refractivity contribution in [3.05, 3.63) is 29.3 Å². The van der Waals surface area contributed by atoms with Gasteiger partial charge in [0.25, 0.3) is 0 Å². The summed E-state index contributed by atoms with van der Waals surface area (Å²) in [5, 5.41) is 27.6. The zero-order valence-electron chi connectivity index (χ0n) is 10.5. The minimum atomic E-state index is -0.0629. The summed E-state index contributed by atoms with van der Waals surface area (Å²) in [6.45, 7) is 2.62. The summed E-state index contributed by atoms with van der Waals surface area (Å²) in [4.78, 5) is 13.1. The van der Waals surface area contributed by atoms with Gasteiger partial charge in [0.15, 0.2) is 5.78 Å². The predicted molar refractivity (Wildman–Crippen MR) is 67.6 cm³/mol. The van der Waals surface area contributed by atoms with E-state index in [0.29, 0.717) is 30.8 Å². The Kier molecular flexibility index (Phi) is 5.77. The number of hydrogen-bond donors (Lipinski definition) is 3. The van der Waals surface area contributed by atoms with Crippen molar-refractivity contribution in [2.24, 2.45) is 0 Å². The molecule has 1 aromatic carbocycles. The fourth-order valence-electron chi connectivity index (χ4n) is 1.72. The third kappa shape index (κ3) is 4.10. The van der Waals surface area contributed by atoms with Crippen molar-refractivity contribution in [3.63, 3.8) is 0 Å². The summed E-state index contributed by atoms with van der Waals surface area (Å²) in [5.41, 5.74) is 1.15. The van der Waals surface area contributed by atoms with Gasteiger partial charge in [-0.2, -0.15) is 0 Å². The highest BCUT2D eigenvalue weighted by Crippen LogP contribution is 2.20. The van der Waals surface area contributed by atoms with Gasteiger partial charge in [0.1, 0.15) is 5.75 Å². The Bertz CT molecular complexity index is 400. The second-order valence-electron chi connectivity index (χ2n) is 4.12. The Morgan fingerprint density at radius 3 is 2.33 bits per heavy atom. The van der Waals surface area contributed by atoms with Crippen LogP contribution in [-0.4, -0.2) is 52.3 Å². The number of carbonyl (C=O) groups is 1. The largest absolute Gasteiger partial charge is 0.508 e. The number of Topliss-reactive ketones (excluding diaryl/α,β-unsaturated/α-hetero) is 1. The van der Waals surface area contributed by atoms with E-state index in [1.165, 1.54) is 13.0 Å². The van der Waals surface area contributed by atoms with Crippen LogP contribution >= 0.6 is 0 Å². The van der Waals surface area contributed by atoms with E-state index in [0.717, 1.165) is 0 Å². The van der Waals surface area contributed by atoms with Crippen LogP contribution in [0.1, 0.15) is 22.8 Å². The maximum atomic E-state index is 11.3. The molecule has 0 amide bonds. The lowest BCUT2D eigenvalue weighted by molar-refractivity contribution is 0.101. The van der Waals surface area contributed by atoms with Gasteiger partial charge in [0, 0.05) is 30.8 Å². The monoisotopic (exact) mass is 253 g/mol. The number of carbonyl (C=O) groups excluding carboxylic acids is 1. The number of aliphatic hydroxyl groups is 2. The topological polar surface area (TPSA) is 81.0 Å². The van der Waals surface area contributed by atoms with Crippen LogP contribution in [-0.2, 0) is 6.54 Å². The zero-order valence-corrected chi connectivity index (χ0v) is 10.5. The minimum absolute atomic E-state index is 0.0207. The van der Waals surface area contributed by atoms with Gasteiger partial charge < -0.3 is 15.3 Å². The molecule has 5 heteroatoms. The highest BCUT2D eigenvalue weighted by atomic mass is 16.3. The SMILES string of the molecule is CC(=O)c1ccc(O)c(CN(CCO)CCO)c1. The average molecular weight is 253 g/mol. The number of ketones is 1. The van der Waals surface area contributed by atoms with Crippen LogP contribution in [0.2, 0.25) is 0 Å². The lowest BCUT2D eigenvalue weighted by atomic mass is 10.1. The Labute approximate surface area is 106 Å². The van der Waals surface area contributed by atoms with Gasteiger partial charge in [0.2, 0.25) is 0 Å². The van der Waals surface area contributed by atoms with Gasteiger partial charge in [-0.1, -0.05) is 0 Å². The number of aromatic hydroxyl groups is 1. The Balaban J connectivity index is 2.86. The molecule has 1 aromatic rings. The van der Waals surface area contributed by atoms with E-state index in [-0.39, 0.29) is 24.7 Å². The van der Waals surface area contributed by atoms with E-state index in [1.54, 1.807) is 17.0 Å².